The molecule has 19 heavy (non-hydrogen) atoms. The Labute approximate surface area is 111 Å². The van der Waals surface area contributed by atoms with Gasteiger partial charge in [0.05, 0.1) is 41.3 Å². The molecule has 1 fully saturated rings. The van der Waals surface area contributed by atoms with Crippen molar-refractivity contribution in [3.8, 4) is 0 Å². The van der Waals surface area contributed by atoms with Crippen LogP contribution in [0.2, 0.25) is 0 Å². The minimum Gasteiger partial charge on any atom is -0.378 e. The molecule has 1 aromatic carbocycles. The number of ether oxygens (including phenoxy) is 1. The molecule has 1 aromatic heterocycles. The monoisotopic (exact) mass is 261 g/mol. The van der Waals surface area contributed by atoms with Crippen molar-refractivity contribution in [3.05, 3.63) is 29.3 Å². The van der Waals surface area contributed by atoms with E-state index in [0.717, 1.165) is 16.9 Å². The number of morpholine rings is 1. The molecule has 0 aliphatic carbocycles. The molecule has 0 radical (unpaired) electrons. The zero-order chi connectivity index (χ0) is 13.4. The van der Waals surface area contributed by atoms with E-state index in [4.69, 9.17) is 4.74 Å². The predicted molar refractivity (Wildman–Crippen MR) is 72.0 cm³/mol. The van der Waals surface area contributed by atoms with Gasteiger partial charge < -0.3 is 9.64 Å². The minimum absolute atomic E-state index is 0.244. The third kappa shape index (κ3) is 2.26. The van der Waals surface area contributed by atoms with E-state index in [0.29, 0.717) is 37.5 Å². The molecule has 0 N–H and O–H groups in total. The van der Waals surface area contributed by atoms with Gasteiger partial charge in [-0.2, -0.15) is 0 Å². The maximum Gasteiger partial charge on any atom is 0.148 e. The molecule has 1 saturated heterocycles. The lowest BCUT2D eigenvalue weighted by atomic mass is 10.2. The summed E-state index contributed by atoms with van der Waals surface area (Å²) in [6.07, 6.45) is 0. The second-order valence-electron chi connectivity index (χ2n) is 4.79. The molecule has 3 rings (SSSR count). The molecule has 0 spiro atoms. The smallest absolute Gasteiger partial charge is 0.148 e. The largest absolute Gasteiger partial charge is 0.378 e. The average molecular weight is 261 g/mol. The number of aryl methyl sites for hydroxylation is 2. The highest BCUT2D eigenvalue weighted by Crippen LogP contribution is 2.25. The quantitative estimate of drug-likeness (QED) is 0.789. The standard InChI is InChI=1S/C14H16FN3O/c1-9-10(2)17-13-8-14(11(15)7-12(13)16-9)18-3-5-19-6-4-18/h7-8H,3-6H2,1-2H3. The van der Waals surface area contributed by atoms with Crippen molar-refractivity contribution >= 4 is 16.7 Å². The summed E-state index contributed by atoms with van der Waals surface area (Å²) in [6.45, 7) is 6.49. The highest BCUT2D eigenvalue weighted by molar-refractivity contribution is 5.79. The number of rotatable bonds is 1. The molecule has 100 valence electrons. The summed E-state index contributed by atoms with van der Waals surface area (Å²) in [5.41, 5.74) is 3.66. The highest BCUT2D eigenvalue weighted by atomic mass is 19.1. The predicted octanol–water partition coefficient (Wildman–Crippen LogP) is 2.22. The first-order valence-corrected chi connectivity index (χ1v) is 6.42. The van der Waals surface area contributed by atoms with E-state index in [2.05, 4.69) is 9.97 Å². The van der Waals surface area contributed by atoms with Crippen LogP contribution >= 0.6 is 0 Å². The lowest BCUT2D eigenvalue weighted by molar-refractivity contribution is 0.122. The van der Waals surface area contributed by atoms with Crippen molar-refractivity contribution in [2.75, 3.05) is 31.2 Å². The fraction of sp³-hybridized carbons (Fsp3) is 0.429. The summed E-state index contributed by atoms with van der Waals surface area (Å²) in [4.78, 5) is 10.9. The molecule has 5 heteroatoms. The van der Waals surface area contributed by atoms with Crippen LogP contribution in [0.5, 0.6) is 0 Å². The van der Waals surface area contributed by atoms with Crippen molar-refractivity contribution in [2.45, 2.75) is 13.8 Å². The van der Waals surface area contributed by atoms with Gasteiger partial charge in [-0.15, -0.1) is 0 Å². The van der Waals surface area contributed by atoms with Gasteiger partial charge in [-0.25, -0.2) is 14.4 Å². The number of hydrogen-bond donors (Lipinski definition) is 0. The van der Waals surface area contributed by atoms with E-state index in [1.54, 1.807) is 6.07 Å². The first-order valence-electron chi connectivity index (χ1n) is 6.42. The SMILES string of the molecule is Cc1nc2cc(F)c(N3CCOCC3)cc2nc1C. The van der Waals surface area contributed by atoms with Gasteiger partial charge >= 0.3 is 0 Å². The van der Waals surface area contributed by atoms with Crippen LogP contribution in [0.15, 0.2) is 12.1 Å². The Balaban J connectivity index is 2.10. The molecule has 0 saturated carbocycles. The molecular formula is C14H16FN3O. The van der Waals surface area contributed by atoms with Crippen molar-refractivity contribution in [2.24, 2.45) is 0 Å². The number of halogens is 1. The second kappa shape index (κ2) is 4.74. The highest BCUT2D eigenvalue weighted by Gasteiger charge is 2.17. The minimum atomic E-state index is -0.244. The molecule has 0 unspecified atom stereocenters. The summed E-state index contributed by atoms with van der Waals surface area (Å²) in [7, 11) is 0. The van der Waals surface area contributed by atoms with Crippen molar-refractivity contribution in [1.29, 1.82) is 0 Å². The third-order valence-corrected chi connectivity index (χ3v) is 3.50. The van der Waals surface area contributed by atoms with Crippen LogP contribution in [0, 0.1) is 19.7 Å². The molecular weight excluding hydrogens is 245 g/mol. The summed E-state index contributed by atoms with van der Waals surface area (Å²) < 4.78 is 19.5. The third-order valence-electron chi connectivity index (χ3n) is 3.50. The van der Waals surface area contributed by atoms with E-state index >= 15 is 0 Å². The Morgan fingerprint density at radius 1 is 1.05 bits per heavy atom. The molecule has 0 atom stereocenters. The van der Waals surface area contributed by atoms with E-state index in [9.17, 15) is 4.39 Å². The molecule has 1 aliphatic rings. The van der Waals surface area contributed by atoms with Crippen LogP contribution in [0.4, 0.5) is 10.1 Å². The van der Waals surface area contributed by atoms with Gasteiger partial charge in [0.15, 0.2) is 0 Å². The van der Waals surface area contributed by atoms with Gasteiger partial charge in [-0.1, -0.05) is 0 Å². The number of aromatic nitrogens is 2. The van der Waals surface area contributed by atoms with Gasteiger partial charge in [0.1, 0.15) is 5.82 Å². The Hall–Kier alpha value is -1.75. The Morgan fingerprint density at radius 2 is 1.63 bits per heavy atom. The number of fused-ring (bicyclic) bond motifs is 1. The summed E-state index contributed by atoms with van der Waals surface area (Å²) in [5, 5.41) is 0. The van der Waals surface area contributed by atoms with Crippen molar-refractivity contribution in [3.63, 3.8) is 0 Å². The summed E-state index contributed by atoms with van der Waals surface area (Å²) in [5.74, 6) is -0.244. The Bertz CT molecular complexity index is 624. The Kier molecular flexibility index (Phi) is 3.06. The fourth-order valence-electron chi connectivity index (χ4n) is 2.29. The van der Waals surface area contributed by atoms with Crippen LogP contribution in [0.3, 0.4) is 0 Å². The number of hydrogen-bond acceptors (Lipinski definition) is 4. The lowest BCUT2D eigenvalue weighted by Gasteiger charge is -2.29. The van der Waals surface area contributed by atoms with Crippen molar-refractivity contribution < 1.29 is 9.13 Å². The van der Waals surface area contributed by atoms with E-state index in [1.807, 2.05) is 18.7 Å². The zero-order valence-corrected chi connectivity index (χ0v) is 11.1. The van der Waals surface area contributed by atoms with Crippen LogP contribution in [0.25, 0.3) is 11.0 Å². The van der Waals surface area contributed by atoms with Crippen LogP contribution < -0.4 is 4.90 Å². The molecule has 4 nitrogen and oxygen atoms in total. The van der Waals surface area contributed by atoms with Gasteiger partial charge in [0.2, 0.25) is 0 Å². The molecule has 2 heterocycles. The number of nitrogens with zero attached hydrogens (tertiary/aromatic N) is 3. The topological polar surface area (TPSA) is 38.2 Å². The average Bonchev–Trinajstić information content (AvgIpc) is 2.41. The number of benzene rings is 1. The molecule has 2 aromatic rings. The maximum atomic E-state index is 14.2. The first kappa shape index (κ1) is 12.3. The van der Waals surface area contributed by atoms with E-state index in [1.165, 1.54) is 6.07 Å². The van der Waals surface area contributed by atoms with Gasteiger partial charge in [-0.3, -0.25) is 0 Å². The zero-order valence-electron chi connectivity index (χ0n) is 11.1. The first-order chi connectivity index (χ1) is 9.15. The van der Waals surface area contributed by atoms with E-state index < -0.39 is 0 Å². The fourth-order valence-corrected chi connectivity index (χ4v) is 2.29. The maximum absolute atomic E-state index is 14.2. The van der Waals surface area contributed by atoms with Crippen LogP contribution in [-0.4, -0.2) is 36.3 Å². The van der Waals surface area contributed by atoms with Gasteiger partial charge in [0.25, 0.3) is 0 Å². The summed E-state index contributed by atoms with van der Waals surface area (Å²) >= 11 is 0. The van der Waals surface area contributed by atoms with Crippen molar-refractivity contribution in [1.82, 2.24) is 9.97 Å². The molecule has 0 amide bonds. The van der Waals surface area contributed by atoms with E-state index in [-0.39, 0.29) is 5.82 Å². The Morgan fingerprint density at radius 3 is 2.26 bits per heavy atom. The summed E-state index contributed by atoms with van der Waals surface area (Å²) in [6, 6.07) is 3.26. The van der Waals surface area contributed by atoms with Crippen LogP contribution in [-0.2, 0) is 4.74 Å². The molecule has 0 bridgehead atoms. The molecule has 1 aliphatic heterocycles. The second-order valence-corrected chi connectivity index (χ2v) is 4.79. The van der Waals surface area contributed by atoms with Gasteiger partial charge in [0, 0.05) is 19.2 Å². The van der Waals surface area contributed by atoms with Crippen LogP contribution in [0.1, 0.15) is 11.4 Å². The normalized spacial score (nSPS) is 16.1. The van der Waals surface area contributed by atoms with Gasteiger partial charge in [-0.05, 0) is 19.9 Å². The number of anilines is 1. The lowest BCUT2D eigenvalue weighted by Crippen LogP contribution is -2.36.